The summed E-state index contributed by atoms with van der Waals surface area (Å²) < 4.78 is 15.4. The molecule has 0 amide bonds. The average molecular weight is 346 g/mol. The van der Waals surface area contributed by atoms with Gasteiger partial charge in [0.25, 0.3) is 0 Å². The van der Waals surface area contributed by atoms with Crippen molar-refractivity contribution >= 4 is 11.7 Å². The number of anilines is 1. The van der Waals surface area contributed by atoms with Crippen molar-refractivity contribution in [1.82, 2.24) is 0 Å². The zero-order valence-corrected chi connectivity index (χ0v) is 14.7. The third kappa shape index (κ3) is 8.62. The van der Waals surface area contributed by atoms with Gasteiger partial charge in [-0.2, -0.15) is 0 Å². The van der Waals surface area contributed by atoms with E-state index in [0.29, 0.717) is 36.9 Å². The first-order chi connectivity index (χ1) is 12.1. The minimum Gasteiger partial charge on any atom is -0.488 e. The fourth-order valence-electron chi connectivity index (χ4n) is 1.80. The summed E-state index contributed by atoms with van der Waals surface area (Å²) in [5.41, 5.74) is 12.8. The summed E-state index contributed by atoms with van der Waals surface area (Å²) >= 11 is 0. The van der Waals surface area contributed by atoms with E-state index in [9.17, 15) is 4.79 Å². The summed E-state index contributed by atoms with van der Waals surface area (Å²) in [4.78, 5) is 11.2. The van der Waals surface area contributed by atoms with Gasteiger partial charge in [-0.25, -0.2) is 4.79 Å². The van der Waals surface area contributed by atoms with Crippen molar-refractivity contribution in [2.75, 3.05) is 32.1 Å². The molecule has 6 nitrogen and oxygen atoms in total. The molecular formula is C19H26N2O4. The minimum absolute atomic E-state index is 0.184. The third-order valence-corrected chi connectivity index (χ3v) is 2.93. The minimum atomic E-state index is -0.440. The number of esters is 1. The Morgan fingerprint density at radius 3 is 2.32 bits per heavy atom. The normalized spacial score (nSPS) is 9.56. The Morgan fingerprint density at radius 2 is 1.76 bits per heavy atom. The number of carbonyl (C=O) groups is 1. The molecule has 0 unspecified atom stereocenters. The fraction of sp³-hybridized carbons (Fsp3) is 0.316. The van der Waals surface area contributed by atoms with Gasteiger partial charge >= 0.3 is 5.97 Å². The largest absolute Gasteiger partial charge is 0.488 e. The van der Waals surface area contributed by atoms with E-state index in [2.05, 4.69) is 19.1 Å². The molecule has 0 saturated heterocycles. The van der Waals surface area contributed by atoms with Crippen molar-refractivity contribution in [2.24, 2.45) is 5.73 Å². The molecule has 0 spiro atoms. The Balaban J connectivity index is 0.000000370. The van der Waals surface area contributed by atoms with Gasteiger partial charge in [0.05, 0.1) is 6.61 Å². The monoisotopic (exact) mass is 346 g/mol. The van der Waals surface area contributed by atoms with E-state index in [1.807, 2.05) is 18.2 Å². The smallest absolute Gasteiger partial charge is 0.344 e. The second-order valence-corrected chi connectivity index (χ2v) is 5.09. The second kappa shape index (κ2) is 11.8. The molecule has 4 N–H and O–H groups in total. The third-order valence-electron chi connectivity index (χ3n) is 2.93. The zero-order chi connectivity index (χ0) is 18.5. The van der Waals surface area contributed by atoms with Crippen molar-refractivity contribution in [3.63, 3.8) is 0 Å². The summed E-state index contributed by atoms with van der Waals surface area (Å²) in [5.74, 6) is 0.458. The molecule has 0 aliphatic heterocycles. The zero-order valence-electron chi connectivity index (χ0n) is 14.7. The summed E-state index contributed by atoms with van der Waals surface area (Å²) in [6.07, 6.45) is 0. The van der Waals surface area contributed by atoms with Gasteiger partial charge in [0.1, 0.15) is 6.61 Å². The van der Waals surface area contributed by atoms with E-state index in [-0.39, 0.29) is 6.61 Å². The average Bonchev–Trinajstić information content (AvgIpc) is 2.60. The van der Waals surface area contributed by atoms with Crippen LogP contribution in [0.25, 0.3) is 0 Å². The van der Waals surface area contributed by atoms with Gasteiger partial charge in [-0.1, -0.05) is 35.9 Å². The highest BCUT2D eigenvalue weighted by atomic mass is 16.6. The summed E-state index contributed by atoms with van der Waals surface area (Å²) in [7, 11) is 0. The molecule has 0 bridgehead atoms. The molecule has 0 aliphatic carbocycles. The van der Waals surface area contributed by atoms with Crippen LogP contribution in [-0.4, -0.2) is 32.3 Å². The number of nitrogen functional groups attached to an aromatic ring is 1. The van der Waals surface area contributed by atoms with E-state index in [1.165, 1.54) is 5.56 Å². The summed E-state index contributed by atoms with van der Waals surface area (Å²) in [5, 5.41) is 0. The van der Waals surface area contributed by atoms with Crippen LogP contribution in [0.15, 0.2) is 48.5 Å². The first-order valence-corrected chi connectivity index (χ1v) is 8.09. The lowest BCUT2D eigenvalue weighted by Crippen LogP contribution is -2.16. The number of ether oxygens (including phenoxy) is 3. The fourth-order valence-corrected chi connectivity index (χ4v) is 1.80. The van der Waals surface area contributed by atoms with E-state index in [0.717, 1.165) is 0 Å². The number of aryl methyl sites for hydroxylation is 1. The van der Waals surface area contributed by atoms with Gasteiger partial charge in [0.2, 0.25) is 0 Å². The molecule has 0 saturated carbocycles. The molecule has 0 fully saturated rings. The van der Waals surface area contributed by atoms with Gasteiger partial charge in [0, 0.05) is 18.3 Å². The van der Waals surface area contributed by atoms with Crippen LogP contribution in [0, 0.1) is 6.92 Å². The van der Waals surface area contributed by atoms with E-state index in [1.54, 1.807) is 25.1 Å². The first kappa shape index (κ1) is 20.3. The summed E-state index contributed by atoms with van der Waals surface area (Å²) in [6.45, 7) is 4.70. The van der Waals surface area contributed by atoms with Crippen LogP contribution in [0.3, 0.4) is 0 Å². The van der Waals surface area contributed by atoms with Gasteiger partial charge in [-0.15, -0.1) is 0 Å². The topological polar surface area (TPSA) is 96.8 Å². The molecule has 25 heavy (non-hydrogen) atoms. The van der Waals surface area contributed by atoms with E-state index >= 15 is 0 Å². The van der Waals surface area contributed by atoms with Crippen LogP contribution >= 0.6 is 0 Å². The van der Waals surface area contributed by atoms with Gasteiger partial charge < -0.3 is 25.7 Å². The van der Waals surface area contributed by atoms with E-state index in [4.69, 9.17) is 25.7 Å². The number of rotatable bonds is 7. The van der Waals surface area contributed by atoms with Crippen LogP contribution < -0.4 is 20.9 Å². The van der Waals surface area contributed by atoms with Crippen LogP contribution in [-0.2, 0) is 9.53 Å². The molecule has 136 valence electrons. The lowest BCUT2D eigenvalue weighted by molar-refractivity contribution is -0.145. The molecule has 6 heteroatoms. The van der Waals surface area contributed by atoms with Crippen LogP contribution in [0.4, 0.5) is 5.69 Å². The maximum Gasteiger partial charge on any atom is 0.344 e. The number of hydrogen-bond donors (Lipinski definition) is 2. The number of nitrogens with two attached hydrogens (primary N) is 2. The number of hydrogen-bond acceptors (Lipinski definition) is 6. The lowest BCUT2D eigenvalue weighted by Gasteiger charge is -2.12. The van der Waals surface area contributed by atoms with Gasteiger partial charge in [-0.05, 0) is 26.0 Å². The van der Waals surface area contributed by atoms with Crippen molar-refractivity contribution in [3.8, 4) is 11.5 Å². The number of benzene rings is 2. The van der Waals surface area contributed by atoms with Crippen LogP contribution in [0.2, 0.25) is 0 Å². The molecule has 2 aromatic rings. The van der Waals surface area contributed by atoms with Crippen molar-refractivity contribution < 1.29 is 19.0 Å². The van der Waals surface area contributed by atoms with Crippen LogP contribution in [0.1, 0.15) is 12.5 Å². The molecule has 0 aromatic heterocycles. The molecule has 0 atom stereocenters. The maximum atomic E-state index is 11.2. The molecule has 0 radical (unpaired) electrons. The predicted molar refractivity (Wildman–Crippen MR) is 98.7 cm³/mol. The Bertz CT molecular complexity index is 633. The highest BCUT2D eigenvalue weighted by Crippen LogP contribution is 2.29. The number of carbonyl (C=O) groups excluding carboxylic acids is 1. The van der Waals surface area contributed by atoms with Crippen LogP contribution in [0.5, 0.6) is 11.5 Å². The van der Waals surface area contributed by atoms with Gasteiger partial charge in [0.15, 0.2) is 18.1 Å². The van der Waals surface area contributed by atoms with Crippen molar-refractivity contribution in [3.05, 3.63) is 54.1 Å². The standard InChI is InChI=1S/C12H18N2O4.C7H8/c1-2-16-12(15)8-18-11-7-9(14)3-4-10(11)17-6-5-13;1-7-5-3-2-4-6-7/h3-4,7H,2,5-6,8,13-14H2,1H3;2-6H,1H3. The highest BCUT2D eigenvalue weighted by molar-refractivity contribution is 5.71. The highest BCUT2D eigenvalue weighted by Gasteiger charge is 2.09. The van der Waals surface area contributed by atoms with Crippen molar-refractivity contribution in [2.45, 2.75) is 13.8 Å². The maximum absolute atomic E-state index is 11.2. The van der Waals surface area contributed by atoms with Gasteiger partial charge in [-0.3, -0.25) is 0 Å². The molecule has 2 rings (SSSR count). The SMILES string of the molecule is CCOC(=O)COc1cc(N)ccc1OCCN.Cc1ccccc1. The molecule has 2 aromatic carbocycles. The Hall–Kier alpha value is -2.73. The predicted octanol–water partition coefficient (Wildman–Crippen LogP) is 2.54. The first-order valence-electron chi connectivity index (χ1n) is 8.09. The Kier molecular flexibility index (Phi) is 9.55. The second-order valence-electron chi connectivity index (χ2n) is 5.09. The Labute approximate surface area is 148 Å². The summed E-state index contributed by atoms with van der Waals surface area (Å²) in [6, 6.07) is 15.2. The molecule has 0 aliphatic rings. The molecule has 0 heterocycles. The lowest BCUT2D eigenvalue weighted by atomic mass is 10.2. The molecular weight excluding hydrogens is 320 g/mol. The Morgan fingerprint density at radius 1 is 1.04 bits per heavy atom. The van der Waals surface area contributed by atoms with Crippen molar-refractivity contribution in [1.29, 1.82) is 0 Å². The quantitative estimate of drug-likeness (QED) is 0.591. The van der Waals surface area contributed by atoms with E-state index < -0.39 is 5.97 Å².